The molecule has 2 aliphatic heterocycles. The van der Waals surface area contributed by atoms with E-state index in [1.807, 2.05) is 0 Å². The number of hydrogen-bond acceptors (Lipinski definition) is 3. The number of likely N-dealkylation sites (tertiary alicyclic amines) is 1. The molecule has 0 bridgehead atoms. The first-order chi connectivity index (χ1) is 9.16. The molecule has 2 amide bonds. The van der Waals surface area contributed by atoms with Crippen molar-refractivity contribution in [3.63, 3.8) is 0 Å². The van der Waals surface area contributed by atoms with Crippen LogP contribution in [0.15, 0.2) is 0 Å². The van der Waals surface area contributed by atoms with Gasteiger partial charge in [-0.05, 0) is 32.1 Å². The van der Waals surface area contributed by atoms with Gasteiger partial charge in [-0.1, -0.05) is 0 Å². The number of amides is 2. The van der Waals surface area contributed by atoms with Crippen molar-refractivity contribution in [1.29, 1.82) is 0 Å². The Bertz CT molecular complexity index is 329. The highest BCUT2D eigenvalue weighted by atomic mass is 16.5. The van der Waals surface area contributed by atoms with Gasteiger partial charge in [0.1, 0.15) is 0 Å². The predicted octanol–water partition coefficient (Wildman–Crippen LogP) is 1.06. The SMILES string of the molecule is O=C(O)C1CCCN(C(=O)NCC2CCCCO2)C1. The number of urea groups is 1. The van der Waals surface area contributed by atoms with Crippen molar-refractivity contribution >= 4 is 12.0 Å². The van der Waals surface area contributed by atoms with Crippen LogP contribution in [0.4, 0.5) is 4.79 Å². The largest absolute Gasteiger partial charge is 0.481 e. The molecule has 0 aliphatic carbocycles. The van der Waals surface area contributed by atoms with E-state index in [2.05, 4.69) is 5.32 Å². The van der Waals surface area contributed by atoms with E-state index in [4.69, 9.17) is 9.84 Å². The Hall–Kier alpha value is -1.30. The molecule has 6 heteroatoms. The molecule has 2 heterocycles. The molecular formula is C13H22N2O4. The summed E-state index contributed by atoms with van der Waals surface area (Å²) in [6, 6.07) is -0.167. The molecule has 2 atom stereocenters. The van der Waals surface area contributed by atoms with E-state index in [9.17, 15) is 9.59 Å². The summed E-state index contributed by atoms with van der Waals surface area (Å²) in [4.78, 5) is 24.5. The molecule has 6 nitrogen and oxygen atoms in total. The van der Waals surface area contributed by atoms with Crippen molar-refractivity contribution in [2.75, 3.05) is 26.2 Å². The Morgan fingerprint density at radius 1 is 1.26 bits per heavy atom. The molecule has 2 unspecified atom stereocenters. The van der Waals surface area contributed by atoms with Gasteiger partial charge in [-0.2, -0.15) is 0 Å². The molecule has 0 radical (unpaired) electrons. The summed E-state index contributed by atoms with van der Waals surface area (Å²) < 4.78 is 5.55. The quantitative estimate of drug-likeness (QED) is 0.803. The molecular weight excluding hydrogens is 248 g/mol. The van der Waals surface area contributed by atoms with Crippen molar-refractivity contribution < 1.29 is 19.4 Å². The maximum Gasteiger partial charge on any atom is 0.317 e. The van der Waals surface area contributed by atoms with Gasteiger partial charge in [0.15, 0.2) is 0 Å². The van der Waals surface area contributed by atoms with Gasteiger partial charge in [0.05, 0.1) is 12.0 Å². The molecule has 2 saturated heterocycles. The van der Waals surface area contributed by atoms with Crippen LogP contribution in [0.3, 0.4) is 0 Å². The molecule has 2 fully saturated rings. The van der Waals surface area contributed by atoms with E-state index in [0.29, 0.717) is 26.1 Å². The molecule has 0 aromatic rings. The Labute approximate surface area is 113 Å². The molecule has 2 aliphatic rings. The van der Waals surface area contributed by atoms with Gasteiger partial charge in [0.2, 0.25) is 0 Å². The van der Waals surface area contributed by atoms with Gasteiger partial charge in [-0.3, -0.25) is 4.79 Å². The van der Waals surface area contributed by atoms with E-state index in [1.54, 1.807) is 4.90 Å². The first-order valence-electron chi connectivity index (χ1n) is 7.04. The maximum atomic E-state index is 12.0. The highest BCUT2D eigenvalue weighted by Crippen LogP contribution is 2.17. The van der Waals surface area contributed by atoms with E-state index in [0.717, 1.165) is 32.3 Å². The lowest BCUT2D eigenvalue weighted by atomic mass is 9.99. The van der Waals surface area contributed by atoms with Crippen LogP contribution in [0.2, 0.25) is 0 Å². The van der Waals surface area contributed by atoms with Gasteiger partial charge in [0.25, 0.3) is 0 Å². The van der Waals surface area contributed by atoms with Crippen molar-refractivity contribution in [3.8, 4) is 0 Å². The summed E-state index contributed by atoms with van der Waals surface area (Å²) >= 11 is 0. The zero-order valence-electron chi connectivity index (χ0n) is 11.1. The summed E-state index contributed by atoms with van der Waals surface area (Å²) in [5, 5.41) is 11.8. The Balaban J connectivity index is 1.74. The number of ether oxygens (including phenoxy) is 1. The second kappa shape index (κ2) is 6.75. The fourth-order valence-corrected chi connectivity index (χ4v) is 2.64. The average Bonchev–Trinajstić information content (AvgIpc) is 2.46. The number of piperidine rings is 1. The fraction of sp³-hybridized carbons (Fsp3) is 0.846. The number of hydrogen-bond donors (Lipinski definition) is 2. The van der Waals surface area contributed by atoms with Crippen LogP contribution in [-0.2, 0) is 9.53 Å². The van der Waals surface area contributed by atoms with Crippen LogP contribution >= 0.6 is 0 Å². The zero-order chi connectivity index (χ0) is 13.7. The smallest absolute Gasteiger partial charge is 0.317 e. The van der Waals surface area contributed by atoms with Crippen LogP contribution in [0, 0.1) is 5.92 Å². The van der Waals surface area contributed by atoms with Gasteiger partial charge in [-0.15, -0.1) is 0 Å². The topological polar surface area (TPSA) is 78.9 Å². The lowest BCUT2D eigenvalue weighted by Gasteiger charge is -2.31. The van der Waals surface area contributed by atoms with E-state index in [1.165, 1.54) is 0 Å². The molecule has 0 spiro atoms. The van der Waals surface area contributed by atoms with Crippen LogP contribution in [0.25, 0.3) is 0 Å². The van der Waals surface area contributed by atoms with Crippen LogP contribution in [-0.4, -0.2) is 54.4 Å². The molecule has 19 heavy (non-hydrogen) atoms. The van der Waals surface area contributed by atoms with Gasteiger partial charge < -0.3 is 20.1 Å². The zero-order valence-corrected chi connectivity index (χ0v) is 11.1. The average molecular weight is 270 g/mol. The van der Waals surface area contributed by atoms with Crippen molar-refractivity contribution in [1.82, 2.24) is 10.2 Å². The summed E-state index contributed by atoms with van der Waals surface area (Å²) in [5.41, 5.74) is 0. The lowest BCUT2D eigenvalue weighted by Crippen LogP contribution is -2.48. The van der Waals surface area contributed by atoms with Crippen molar-refractivity contribution in [2.24, 2.45) is 5.92 Å². The lowest BCUT2D eigenvalue weighted by molar-refractivity contribution is -0.143. The summed E-state index contributed by atoms with van der Waals surface area (Å²) in [6.07, 6.45) is 4.74. The number of nitrogens with zero attached hydrogens (tertiary/aromatic N) is 1. The molecule has 2 rings (SSSR count). The van der Waals surface area contributed by atoms with E-state index >= 15 is 0 Å². The maximum absolute atomic E-state index is 12.0. The Morgan fingerprint density at radius 2 is 2.11 bits per heavy atom. The number of rotatable bonds is 3. The highest BCUT2D eigenvalue weighted by molar-refractivity contribution is 5.76. The highest BCUT2D eigenvalue weighted by Gasteiger charge is 2.28. The predicted molar refractivity (Wildman–Crippen MR) is 68.9 cm³/mol. The Morgan fingerprint density at radius 3 is 2.79 bits per heavy atom. The number of carboxylic acids is 1. The fourth-order valence-electron chi connectivity index (χ4n) is 2.64. The molecule has 0 aromatic carbocycles. The Kier molecular flexibility index (Phi) is 5.01. The summed E-state index contributed by atoms with van der Waals surface area (Å²) in [5.74, 6) is -1.24. The molecule has 108 valence electrons. The third-order valence-corrected chi connectivity index (χ3v) is 3.81. The van der Waals surface area contributed by atoms with Gasteiger partial charge in [-0.25, -0.2) is 4.79 Å². The monoisotopic (exact) mass is 270 g/mol. The molecule has 0 saturated carbocycles. The standard InChI is InChI=1S/C13H22N2O4/c16-12(17)10-4-3-6-15(9-10)13(18)14-8-11-5-1-2-7-19-11/h10-11H,1-9H2,(H,14,18)(H,16,17). The van der Waals surface area contributed by atoms with E-state index < -0.39 is 11.9 Å². The minimum Gasteiger partial charge on any atom is -0.481 e. The molecule has 0 aromatic heterocycles. The third-order valence-electron chi connectivity index (χ3n) is 3.81. The van der Waals surface area contributed by atoms with E-state index in [-0.39, 0.29) is 12.1 Å². The van der Waals surface area contributed by atoms with Crippen molar-refractivity contribution in [2.45, 2.75) is 38.2 Å². The second-order valence-corrected chi connectivity index (χ2v) is 5.30. The number of carboxylic acid groups (broad SMARTS) is 1. The number of nitrogens with one attached hydrogen (secondary N) is 1. The first-order valence-corrected chi connectivity index (χ1v) is 7.04. The minimum absolute atomic E-state index is 0.109. The second-order valence-electron chi connectivity index (χ2n) is 5.30. The summed E-state index contributed by atoms with van der Waals surface area (Å²) in [7, 11) is 0. The first kappa shape index (κ1) is 14.1. The number of aliphatic carboxylic acids is 1. The van der Waals surface area contributed by atoms with Crippen LogP contribution in [0.5, 0.6) is 0 Å². The van der Waals surface area contributed by atoms with Gasteiger partial charge >= 0.3 is 12.0 Å². The van der Waals surface area contributed by atoms with Gasteiger partial charge in [0, 0.05) is 26.2 Å². The van der Waals surface area contributed by atoms with Crippen LogP contribution < -0.4 is 5.32 Å². The summed E-state index contributed by atoms with van der Waals surface area (Å²) in [6.45, 7) is 2.24. The molecule has 2 N–H and O–H groups in total. The van der Waals surface area contributed by atoms with Crippen molar-refractivity contribution in [3.05, 3.63) is 0 Å². The third kappa shape index (κ3) is 4.09. The normalized spacial score (nSPS) is 27.9. The number of carbonyl (C=O) groups is 2. The van der Waals surface area contributed by atoms with Crippen LogP contribution in [0.1, 0.15) is 32.1 Å². The minimum atomic E-state index is -0.812. The number of carbonyl (C=O) groups excluding carboxylic acids is 1.